The van der Waals surface area contributed by atoms with Crippen LogP contribution in [0.2, 0.25) is 5.02 Å². The van der Waals surface area contributed by atoms with E-state index in [1.54, 1.807) is 37.3 Å². The summed E-state index contributed by atoms with van der Waals surface area (Å²) < 4.78 is 18.6. The maximum atomic E-state index is 12.9. The first-order chi connectivity index (χ1) is 10.9. The summed E-state index contributed by atoms with van der Waals surface area (Å²) >= 11 is 5.97. The van der Waals surface area contributed by atoms with Gasteiger partial charge in [0.2, 0.25) is 0 Å². The molecule has 122 valence electrons. The summed E-state index contributed by atoms with van der Waals surface area (Å²) in [6.45, 7) is 5.39. The summed E-state index contributed by atoms with van der Waals surface area (Å²) in [5.41, 5.74) is 1.71. The van der Waals surface area contributed by atoms with E-state index < -0.39 is 6.10 Å². The van der Waals surface area contributed by atoms with Gasteiger partial charge in [-0.2, -0.15) is 0 Å². The van der Waals surface area contributed by atoms with Crippen LogP contribution in [-0.4, -0.2) is 12.0 Å². The van der Waals surface area contributed by atoms with Gasteiger partial charge in [0.15, 0.2) is 6.10 Å². The second-order valence-electron chi connectivity index (χ2n) is 5.45. The fraction of sp³-hybridized carbons (Fsp3) is 0.278. The molecule has 0 radical (unpaired) electrons. The molecule has 0 heterocycles. The summed E-state index contributed by atoms with van der Waals surface area (Å²) in [5, 5.41) is 3.50. The van der Waals surface area contributed by atoms with E-state index in [4.69, 9.17) is 16.3 Å². The van der Waals surface area contributed by atoms with Gasteiger partial charge in [0.05, 0.1) is 6.04 Å². The minimum absolute atomic E-state index is 0.235. The first kappa shape index (κ1) is 17.3. The Hall–Kier alpha value is -2.07. The predicted octanol–water partition coefficient (Wildman–Crippen LogP) is 4.43. The number of carbonyl (C=O) groups is 1. The van der Waals surface area contributed by atoms with E-state index in [9.17, 15) is 9.18 Å². The van der Waals surface area contributed by atoms with Crippen molar-refractivity contribution >= 4 is 17.5 Å². The molecule has 1 N–H and O–H groups in total. The fourth-order valence-corrected chi connectivity index (χ4v) is 2.23. The molecule has 0 aliphatic heterocycles. The Kier molecular flexibility index (Phi) is 5.61. The minimum atomic E-state index is -0.654. The molecule has 2 aromatic rings. The van der Waals surface area contributed by atoms with E-state index in [1.807, 2.05) is 13.8 Å². The van der Waals surface area contributed by atoms with Crippen LogP contribution < -0.4 is 10.1 Å². The van der Waals surface area contributed by atoms with Gasteiger partial charge >= 0.3 is 0 Å². The topological polar surface area (TPSA) is 38.3 Å². The number of benzene rings is 2. The maximum Gasteiger partial charge on any atom is 0.261 e. The highest BCUT2D eigenvalue weighted by molar-refractivity contribution is 6.31. The highest BCUT2D eigenvalue weighted by Gasteiger charge is 2.18. The average molecular weight is 336 g/mol. The summed E-state index contributed by atoms with van der Waals surface area (Å²) in [6, 6.07) is 11.0. The van der Waals surface area contributed by atoms with Crippen molar-refractivity contribution in [2.45, 2.75) is 32.9 Å². The first-order valence-electron chi connectivity index (χ1n) is 7.35. The van der Waals surface area contributed by atoms with E-state index in [2.05, 4.69) is 5.32 Å². The SMILES string of the molecule is Cc1cc(O[C@H](C)C(=O)N[C@@H](C)c2ccc(F)cc2)ccc1Cl. The van der Waals surface area contributed by atoms with Crippen molar-refractivity contribution in [1.29, 1.82) is 0 Å². The molecule has 5 heteroatoms. The Morgan fingerprint density at radius 3 is 2.43 bits per heavy atom. The molecule has 0 unspecified atom stereocenters. The maximum absolute atomic E-state index is 12.9. The standard InChI is InChI=1S/C18H19ClFNO2/c1-11-10-16(8-9-17(11)19)23-13(3)18(22)21-12(2)14-4-6-15(20)7-5-14/h4-10,12-13H,1-3H3,(H,21,22)/t12-,13+/m0/s1. The van der Waals surface area contributed by atoms with Gasteiger partial charge in [-0.25, -0.2) is 4.39 Å². The molecule has 0 saturated heterocycles. The number of hydrogen-bond acceptors (Lipinski definition) is 2. The van der Waals surface area contributed by atoms with Crippen LogP contribution in [0.1, 0.15) is 31.0 Å². The molecular formula is C18H19ClFNO2. The summed E-state index contributed by atoms with van der Waals surface area (Å²) in [4.78, 5) is 12.2. The third-order valence-corrected chi connectivity index (χ3v) is 3.96. The van der Waals surface area contributed by atoms with Gasteiger partial charge in [0, 0.05) is 5.02 Å². The molecule has 23 heavy (non-hydrogen) atoms. The van der Waals surface area contributed by atoms with E-state index in [0.717, 1.165) is 11.1 Å². The lowest BCUT2D eigenvalue weighted by atomic mass is 10.1. The lowest BCUT2D eigenvalue weighted by Gasteiger charge is -2.19. The Labute approximate surface area is 140 Å². The van der Waals surface area contributed by atoms with Gasteiger partial charge in [-0.1, -0.05) is 23.7 Å². The molecule has 0 saturated carbocycles. The first-order valence-corrected chi connectivity index (χ1v) is 7.73. The zero-order chi connectivity index (χ0) is 17.0. The van der Waals surface area contributed by atoms with E-state index in [0.29, 0.717) is 10.8 Å². The van der Waals surface area contributed by atoms with Gasteiger partial charge in [-0.3, -0.25) is 4.79 Å². The molecule has 0 fully saturated rings. The lowest BCUT2D eigenvalue weighted by Crippen LogP contribution is -2.37. The van der Waals surface area contributed by atoms with Gasteiger partial charge < -0.3 is 10.1 Å². The van der Waals surface area contributed by atoms with E-state index >= 15 is 0 Å². The third-order valence-electron chi connectivity index (χ3n) is 3.54. The van der Waals surface area contributed by atoms with Crippen LogP contribution in [0.3, 0.4) is 0 Å². The molecule has 3 nitrogen and oxygen atoms in total. The summed E-state index contributed by atoms with van der Waals surface area (Å²) in [7, 11) is 0. The van der Waals surface area contributed by atoms with Crippen LogP contribution >= 0.6 is 11.6 Å². The van der Waals surface area contributed by atoms with Crippen LogP contribution in [0.4, 0.5) is 4.39 Å². The number of nitrogens with one attached hydrogen (secondary N) is 1. The Morgan fingerprint density at radius 1 is 1.17 bits per heavy atom. The average Bonchev–Trinajstić information content (AvgIpc) is 2.51. The van der Waals surface area contributed by atoms with Crippen molar-refractivity contribution in [3.63, 3.8) is 0 Å². The third kappa shape index (κ3) is 4.70. The number of carbonyl (C=O) groups excluding carboxylic acids is 1. The summed E-state index contributed by atoms with van der Waals surface area (Å²) in [6.07, 6.45) is -0.654. The molecule has 0 bridgehead atoms. The molecule has 2 aromatic carbocycles. The molecule has 0 aliphatic rings. The van der Waals surface area contributed by atoms with Crippen molar-refractivity contribution in [2.24, 2.45) is 0 Å². The summed E-state index contributed by atoms with van der Waals surface area (Å²) in [5.74, 6) is 0.0421. The second-order valence-corrected chi connectivity index (χ2v) is 5.86. The predicted molar refractivity (Wildman–Crippen MR) is 89.2 cm³/mol. The zero-order valence-electron chi connectivity index (χ0n) is 13.3. The quantitative estimate of drug-likeness (QED) is 0.877. The van der Waals surface area contributed by atoms with Crippen LogP contribution in [-0.2, 0) is 4.79 Å². The van der Waals surface area contributed by atoms with Crippen molar-refractivity contribution in [1.82, 2.24) is 5.32 Å². The highest BCUT2D eigenvalue weighted by atomic mass is 35.5. The number of halogens is 2. The molecule has 0 aromatic heterocycles. The zero-order valence-corrected chi connectivity index (χ0v) is 14.0. The van der Waals surface area contributed by atoms with Crippen molar-refractivity contribution in [3.05, 3.63) is 64.4 Å². The van der Waals surface area contributed by atoms with Crippen LogP contribution in [0, 0.1) is 12.7 Å². The van der Waals surface area contributed by atoms with Crippen molar-refractivity contribution in [3.8, 4) is 5.75 Å². The minimum Gasteiger partial charge on any atom is -0.481 e. The monoisotopic (exact) mass is 335 g/mol. The van der Waals surface area contributed by atoms with Gasteiger partial charge in [0.1, 0.15) is 11.6 Å². The van der Waals surface area contributed by atoms with E-state index in [-0.39, 0.29) is 17.8 Å². The highest BCUT2D eigenvalue weighted by Crippen LogP contribution is 2.22. The normalized spacial score (nSPS) is 13.3. The largest absolute Gasteiger partial charge is 0.481 e. The molecular weight excluding hydrogens is 317 g/mol. The lowest BCUT2D eigenvalue weighted by molar-refractivity contribution is -0.127. The number of amides is 1. The van der Waals surface area contributed by atoms with Crippen LogP contribution in [0.25, 0.3) is 0 Å². The second kappa shape index (κ2) is 7.47. The number of hydrogen-bond donors (Lipinski definition) is 1. The number of aryl methyl sites for hydroxylation is 1. The van der Waals surface area contributed by atoms with Crippen molar-refractivity contribution in [2.75, 3.05) is 0 Å². The molecule has 1 amide bonds. The van der Waals surface area contributed by atoms with Crippen molar-refractivity contribution < 1.29 is 13.9 Å². The number of rotatable bonds is 5. The molecule has 2 atom stereocenters. The van der Waals surface area contributed by atoms with Gasteiger partial charge in [-0.15, -0.1) is 0 Å². The number of ether oxygens (including phenoxy) is 1. The Bertz CT molecular complexity index is 688. The van der Waals surface area contributed by atoms with E-state index in [1.165, 1.54) is 12.1 Å². The van der Waals surface area contributed by atoms with Gasteiger partial charge in [-0.05, 0) is 62.2 Å². The Balaban J connectivity index is 1.96. The van der Waals surface area contributed by atoms with Crippen LogP contribution in [0.15, 0.2) is 42.5 Å². The smallest absolute Gasteiger partial charge is 0.261 e. The Morgan fingerprint density at radius 2 is 1.83 bits per heavy atom. The molecule has 0 aliphatic carbocycles. The molecule has 0 spiro atoms. The van der Waals surface area contributed by atoms with Gasteiger partial charge in [0.25, 0.3) is 5.91 Å². The van der Waals surface area contributed by atoms with Crippen LogP contribution in [0.5, 0.6) is 5.75 Å². The molecule has 2 rings (SSSR count). The fourth-order valence-electron chi connectivity index (χ4n) is 2.11.